The third-order valence-electron chi connectivity index (χ3n) is 5.91. The summed E-state index contributed by atoms with van der Waals surface area (Å²) in [7, 11) is -3.81. The van der Waals surface area contributed by atoms with Crippen molar-refractivity contribution >= 4 is 44.8 Å². The fourth-order valence-electron chi connectivity index (χ4n) is 4.19. The van der Waals surface area contributed by atoms with Crippen LogP contribution in [0.1, 0.15) is 31.7 Å². The number of nitrogens with zero attached hydrogens (tertiary/aromatic N) is 1. The largest absolute Gasteiger partial charge is 0.381 e. The maximum absolute atomic E-state index is 13.3. The van der Waals surface area contributed by atoms with Crippen LogP contribution in [-0.2, 0) is 25.0 Å². The van der Waals surface area contributed by atoms with Crippen molar-refractivity contribution in [3.8, 4) is 0 Å². The summed E-state index contributed by atoms with van der Waals surface area (Å²) < 4.78 is 32.1. The van der Waals surface area contributed by atoms with E-state index in [-0.39, 0.29) is 28.5 Å². The average molecular weight is 499 g/mol. The highest BCUT2D eigenvalue weighted by Gasteiger charge is 2.37. The molecule has 6 nitrogen and oxygen atoms in total. The summed E-state index contributed by atoms with van der Waals surface area (Å²) in [5.41, 5.74) is 1.05. The topological polar surface area (TPSA) is 75.7 Å². The van der Waals surface area contributed by atoms with Gasteiger partial charge in [-0.2, -0.15) is 0 Å². The van der Waals surface area contributed by atoms with E-state index in [0.29, 0.717) is 24.8 Å². The van der Waals surface area contributed by atoms with Crippen LogP contribution in [0, 0.1) is 0 Å². The van der Waals surface area contributed by atoms with E-state index >= 15 is 0 Å². The smallest absolute Gasteiger partial charge is 0.243 e. The number of carbonyl (C=O) groups is 1. The molecule has 0 bridgehead atoms. The van der Waals surface area contributed by atoms with Crippen molar-refractivity contribution in [1.29, 1.82) is 0 Å². The van der Waals surface area contributed by atoms with E-state index in [2.05, 4.69) is 17.4 Å². The van der Waals surface area contributed by atoms with Gasteiger partial charge in [-0.15, -0.1) is 0 Å². The molecular weight excluding hydrogens is 471 g/mol. The van der Waals surface area contributed by atoms with Gasteiger partial charge in [0.25, 0.3) is 0 Å². The molecule has 1 fully saturated rings. The number of rotatable bonds is 8. The first-order chi connectivity index (χ1) is 15.2. The van der Waals surface area contributed by atoms with Crippen molar-refractivity contribution in [1.82, 2.24) is 5.32 Å². The normalized spacial score (nSPS) is 16.9. The molecule has 0 aromatic heterocycles. The number of ether oxygens (including phenoxy) is 1. The number of hydrogen-bond acceptors (Lipinski definition) is 4. The molecular formula is C23H28Cl2N2O4S. The number of carbonyl (C=O) groups excluding carboxylic acids is 1. The van der Waals surface area contributed by atoms with Crippen LogP contribution in [0.5, 0.6) is 0 Å². The molecule has 1 N–H and O–H groups in total. The lowest BCUT2D eigenvalue weighted by molar-refractivity contribution is -0.122. The Bertz CT molecular complexity index is 1040. The highest BCUT2D eigenvalue weighted by molar-refractivity contribution is 7.92. The van der Waals surface area contributed by atoms with E-state index in [4.69, 9.17) is 27.9 Å². The van der Waals surface area contributed by atoms with Gasteiger partial charge >= 0.3 is 0 Å². The first kappa shape index (κ1) is 24.8. The Morgan fingerprint density at radius 1 is 1.16 bits per heavy atom. The average Bonchev–Trinajstić information content (AvgIpc) is 2.78. The van der Waals surface area contributed by atoms with Gasteiger partial charge in [0.05, 0.1) is 17.0 Å². The minimum Gasteiger partial charge on any atom is -0.381 e. The zero-order valence-electron chi connectivity index (χ0n) is 18.2. The quantitative estimate of drug-likeness (QED) is 0.584. The lowest BCUT2D eigenvalue weighted by Gasteiger charge is -2.39. The molecule has 1 atom stereocenters. The molecule has 32 heavy (non-hydrogen) atoms. The zero-order chi connectivity index (χ0) is 23.4. The second-order valence-corrected chi connectivity index (χ2v) is 10.8. The van der Waals surface area contributed by atoms with Gasteiger partial charge in [-0.25, -0.2) is 8.42 Å². The summed E-state index contributed by atoms with van der Waals surface area (Å²) >= 11 is 12.4. The number of hydrogen-bond donors (Lipinski definition) is 1. The monoisotopic (exact) mass is 498 g/mol. The van der Waals surface area contributed by atoms with Crippen LogP contribution < -0.4 is 9.62 Å². The molecule has 0 aliphatic carbocycles. The summed E-state index contributed by atoms with van der Waals surface area (Å²) in [4.78, 5) is 13.3. The van der Waals surface area contributed by atoms with Gasteiger partial charge < -0.3 is 10.1 Å². The molecule has 1 aliphatic heterocycles. The van der Waals surface area contributed by atoms with E-state index in [1.165, 1.54) is 12.1 Å². The summed E-state index contributed by atoms with van der Waals surface area (Å²) in [5.74, 6) is -0.379. The van der Waals surface area contributed by atoms with Crippen LogP contribution >= 0.6 is 23.2 Å². The van der Waals surface area contributed by atoms with Gasteiger partial charge in [0.1, 0.15) is 6.04 Å². The molecule has 0 radical (unpaired) electrons. The number of benzene rings is 2. The van der Waals surface area contributed by atoms with E-state index in [1.807, 2.05) is 18.2 Å². The maximum Gasteiger partial charge on any atom is 0.243 e. The lowest BCUT2D eigenvalue weighted by Crippen LogP contribution is -2.52. The van der Waals surface area contributed by atoms with E-state index in [1.54, 1.807) is 13.0 Å². The Hall–Kier alpha value is -1.80. The molecule has 2 aromatic carbocycles. The molecule has 1 saturated heterocycles. The minimum absolute atomic E-state index is 0.188. The van der Waals surface area contributed by atoms with Crippen LogP contribution in [-0.4, -0.2) is 46.4 Å². The summed E-state index contributed by atoms with van der Waals surface area (Å²) in [6, 6.07) is 13.6. The van der Waals surface area contributed by atoms with E-state index < -0.39 is 16.1 Å². The van der Waals surface area contributed by atoms with Gasteiger partial charge in [0.2, 0.25) is 15.9 Å². The van der Waals surface area contributed by atoms with Crippen LogP contribution in [0.15, 0.2) is 48.5 Å². The van der Waals surface area contributed by atoms with Crippen molar-refractivity contribution in [2.24, 2.45) is 0 Å². The third-order valence-corrected chi connectivity index (χ3v) is 7.63. The Labute approximate surface area is 199 Å². The van der Waals surface area contributed by atoms with Crippen molar-refractivity contribution in [2.75, 3.05) is 30.3 Å². The lowest BCUT2D eigenvalue weighted by atomic mass is 9.74. The number of amides is 1. The minimum atomic E-state index is -3.81. The summed E-state index contributed by atoms with van der Waals surface area (Å²) in [6.07, 6.45) is 2.86. The van der Waals surface area contributed by atoms with Crippen molar-refractivity contribution < 1.29 is 17.9 Å². The highest BCUT2D eigenvalue weighted by atomic mass is 35.5. The number of sulfonamides is 1. The Morgan fingerprint density at radius 2 is 1.81 bits per heavy atom. The number of nitrogens with one attached hydrogen (secondary N) is 1. The predicted octanol–water partition coefficient (Wildman–Crippen LogP) is 4.40. The second-order valence-electron chi connectivity index (χ2n) is 8.06. The van der Waals surface area contributed by atoms with Crippen molar-refractivity contribution in [3.63, 3.8) is 0 Å². The van der Waals surface area contributed by atoms with Crippen molar-refractivity contribution in [2.45, 2.75) is 37.6 Å². The van der Waals surface area contributed by atoms with Gasteiger partial charge in [0.15, 0.2) is 0 Å². The van der Waals surface area contributed by atoms with Gasteiger partial charge in [0, 0.05) is 30.2 Å². The molecule has 174 valence electrons. The predicted molar refractivity (Wildman–Crippen MR) is 129 cm³/mol. The van der Waals surface area contributed by atoms with Crippen LogP contribution in [0.25, 0.3) is 0 Å². The van der Waals surface area contributed by atoms with Gasteiger partial charge in [-0.1, -0.05) is 60.5 Å². The Kier molecular flexibility index (Phi) is 8.09. The molecule has 2 aromatic rings. The van der Waals surface area contributed by atoms with Gasteiger partial charge in [-0.3, -0.25) is 9.10 Å². The maximum atomic E-state index is 13.3. The third kappa shape index (κ3) is 5.57. The van der Waals surface area contributed by atoms with Crippen LogP contribution in [0.3, 0.4) is 0 Å². The molecule has 9 heteroatoms. The Balaban J connectivity index is 1.89. The van der Waals surface area contributed by atoms with Crippen molar-refractivity contribution in [3.05, 3.63) is 64.1 Å². The number of halogens is 2. The summed E-state index contributed by atoms with van der Waals surface area (Å²) in [6.45, 7) is 3.37. The van der Waals surface area contributed by atoms with Crippen LogP contribution in [0.2, 0.25) is 10.0 Å². The highest BCUT2D eigenvalue weighted by Crippen LogP contribution is 2.35. The fraction of sp³-hybridized carbons (Fsp3) is 0.435. The molecule has 0 saturated carbocycles. The zero-order valence-corrected chi connectivity index (χ0v) is 20.5. The second kappa shape index (κ2) is 10.4. The SMILES string of the molecule is CC[C@@H](C(=O)NCC1(c2ccccc2)CCOCC1)N(c1cc(Cl)ccc1Cl)S(C)(=O)=O. The first-order valence-corrected chi connectivity index (χ1v) is 13.1. The van der Waals surface area contributed by atoms with Gasteiger partial charge in [-0.05, 0) is 43.0 Å². The molecule has 3 rings (SSSR count). The summed E-state index contributed by atoms with van der Waals surface area (Å²) in [5, 5.41) is 3.56. The van der Waals surface area contributed by atoms with E-state index in [0.717, 1.165) is 29.0 Å². The van der Waals surface area contributed by atoms with E-state index in [9.17, 15) is 13.2 Å². The molecule has 0 unspecified atom stereocenters. The fourth-order valence-corrected chi connectivity index (χ4v) is 5.83. The first-order valence-electron chi connectivity index (χ1n) is 10.5. The molecule has 1 aliphatic rings. The standard InChI is InChI=1S/C23H28Cl2N2O4S/c1-3-20(27(32(2,29)30)21-15-18(24)9-10-19(21)25)22(28)26-16-23(11-13-31-14-12-23)17-7-5-4-6-8-17/h4-10,15,20H,3,11-14,16H2,1-2H3,(H,26,28)/t20-/m0/s1. The Morgan fingerprint density at radius 3 is 2.41 bits per heavy atom. The van der Waals surface area contributed by atoms with Crippen LogP contribution in [0.4, 0.5) is 5.69 Å². The molecule has 1 amide bonds. The molecule has 1 heterocycles. The molecule has 0 spiro atoms. The number of anilines is 1.